The molecule has 1 rings (SSSR count). The molecule has 0 saturated carbocycles. The smallest absolute Gasteiger partial charge is 0.319 e. The third-order valence-electron chi connectivity index (χ3n) is 1.73. The highest BCUT2D eigenvalue weighted by Crippen LogP contribution is 2.24. The molecule has 0 atom stereocenters. The van der Waals surface area contributed by atoms with Crippen molar-refractivity contribution in [1.82, 2.24) is 0 Å². The summed E-state index contributed by atoms with van der Waals surface area (Å²) in [5.41, 5.74) is 5.83. The van der Waals surface area contributed by atoms with Gasteiger partial charge < -0.3 is 5.73 Å². The molecular weight excluding hydrogens is 188 g/mol. The van der Waals surface area contributed by atoms with E-state index in [1.54, 1.807) is 18.2 Å². The van der Waals surface area contributed by atoms with Crippen LogP contribution in [0.4, 0.5) is 10.5 Å². The van der Waals surface area contributed by atoms with Crippen molar-refractivity contribution in [3.63, 3.8) is 0 Å². The number of anilines is 1. The molecule has 0 bridgehead atoms. The van der Waals surface area contributed by atoms with Crippen molar-refractivity contribution in [3.05, 3.63) is 29.3 Å². The summed E-state index contributed by atoms with van der Waals surface area (Å²) < 4.78 is 0. The fourth-order valence-electron chi connectivity index (χ4n) is 1.12. The van der Waals surface area contributed by atoms with Gasteiger partial charge in [-0.05, 0) is 19.1 Å². The van der Waals surface area contributed by atoms with E-state index < -0.39 is 6.03 Å². The van der Waals surface area contributed by atoms with Crippen molar-refractivity contribution in [2.24, 2.45) is 5.73 Å². The van der Waals surface area contributed by atoms with E-state index in [1.165, 1.54) is 4.90 Å². The highest BCUT2D eigenvalue weighted by molar-refractivity contribution is 6.33. The molecule has 2 N–H and O–H groups in total. The predicted molar refractivity (Wildman–Crippen MR) is 54.1 cm³/mol. The van der Waals surface area contributed by atoms with Crippen LogP contribution in [0.3, 0.4) is 0 Å². The van der Waals surface area contributed by atoms with Gasteiger partial charge in [0.2, 0.25) is 0 Å². The largest absolute Gasteiger partial charge is 0.351 e. The minimum absolute atomic E-state index is 0.490. The van der Waals surface area contributed by atoms with Crippen LogP contribution in [0.5, 0.6) is 0 Å². The van der Waals surface area contributed by atoms with Gasteiger partial charge in [-0.15, -0.1) is 0 Å². The molecule has 0 aromatic heterocycles. The highest BCUT2D eigenvalue weighted by atomic mass is 35.5. The number of hydrogen-bond acceptors (Lipinski definition) is 1. The van der Waals surface area contributed by atoms with Gasteiger partial charge in [-0.25, -0.2) is 4.79 Å². The van der Waals surface area contributed by atoms with Gasteiger partial charge in [0.05, 0.1) is 10.7 Å². The van der Waals surface area contributed by atoms with Gasteiger partial charge in [0.25, 0.3) is 0 Å². The molecule has 1 aromatic carbocycles. The zero-order chi connectivity index (χ0) is 9.84. The molecule has 0 fully saturated rings. The van der Waals surface area contributed by atoms with Crippen LogP contribution in [-0.4, -0.2) is 12.6 Å². The molecule has 3 nitrogen and oxygen atoms in total. The molecule has 0 radical (unpaired) electrons. The number of primary amides is 1. The molecule has 13 heavy (non-hydrogen) atoms. The summed E-state index contributed by atoms with van der Waals surface area (Å²) in [6.07, 6.45) is 0. The maximum atomic E-state index is 11.0. The maximum absolute atomic E-state index is 11.0. The second kappa shape index (κ2) is 4.14. The van der Waals surface area contributed by atoms with Crippen LogP contribution >= 0.6 is 11.6 Å². The van der Waals surface area contributed by atoms with Crippen molar-refractivity contribution in [1.29, 1.82) is 0 Å². The summed E-state index contributed by atoms with van der Waals surface area (Å²) in [5, 5.41) is 0.531. The van der Waals surface area contributed by atoms with Crippen molar-refractivity contribution in [2.45, 2.75) is 6.92 Å². The van der Waals surface area contributed by atoms with Gasteiger partial charge in [-0.1, -0.05) is 23.7 Å². The van der Waals surface area contributed by atoms with E-state index in [0.717, 1.165) is 0 Å². The third-order valence-corrected chi connectivity index (χ3v) is 2.05. The first-order valence-corrected chi connectivity index (χ1v) is 4.36. The number of urea groups is 1. The molecule has 0 aliphatic heterocycles. The molecule has 1 aromatic rings. The van der Waals surface area contributed by atoms with E-state index >= 15 is 0 Å². The Morgan fingerprint density at radius 3 is 2.62 bits per heavy atom. The molecule has 0 saturated heterocycles. The molecule has 70 valence electrons. The molecule has 4 heteroatoms. The van der Waals surface area contributed by atoms with E-state index in [0.29, 0.717) is 17.3 Å². The topological polar surface area (TPSA) is 46.3 Å². The van der Waals surface area contributed by atoms with Gasteiger partial charge >= 0.3 is 6.03 Å². The third kappa shape index (κ3) is 2.12. The quantitative estimate of drug-likeness (QED) is 0.779. The number of halogens is 1. The standard InChI is InChI=1S/C9H11ClN2O/c1-2-12(9(11)13)8-6-4-3-5-7(8)10/h3-6H,2H2,1H3,(H2,11,13). The normalized spacial score (nSPS) is 9.69. The molecule has 0 aliphatic rings. The number of hydrogen-bond donors (Lipinski definition) is 1. The Bertz CT molecular complexity index is 314. The molecule has 0 aliphatic carbocycles. The number of carbonyl (C=O) groups is 1. The molecular formula is C9H11ClN2O. The van der Waals surface area contributed by atoms with E-state index in [1.807, 2.05) is 13.0 Å². The summed E-state index contributed by atoms with van der Waals surface area (Å²) in [6, 6.07) is 6.61. The Hall–Kier alpha value is -1.22. The van der Waals surface area contributed by atoms with E-state index in [9.17, 15) is 4.79 Å². The van der Waals surface area contributed by atoms with Crippen molar-refractivity contribution in [3.8, 4) is 0 Å². The van der Waals surface area contributed by atoms with Crippen LogP contribution in [0.25, 0.3) is 0 Å². The summed E-state index contributed by atoms with van der Waals surface area (Å²) >= 11 is 5.89. The number of nitrogens with zero attached hydrogens (tertiary/aromatic N) is 1. The van der Waals surface area contributed by atoms with Gasteiger partial charge in [0.15, 0.2) is 0 Å². The Morgan fingerprint density at radius 2 is 2.15 bits per heavy atom. The maximum Gasteiger partial charge on any atom is 0.319 e. The fraction of sp³-hybridized carbons (Fsp3) is 0.222. The van der Waals surface area contributed by atoms with Crippen LogP contribution in [0.1, 0.15) is 6.92 Å². The van der Waals surface area contributed by atoms with Crippen molar-refractivity contribution < 1.29 is 4.79 Å². The second-order valence-electron chi connectivity index (χ2n) is 2.53. The summed E-state index contributed by atoms with van der Waals surface area (Å²) in [5.74, 6) is 0. The van der Waals surface area contributed by atoms with Crippen LogP contribution in [-0.2, 0) is 0 Å². The van der Waals surface area contributed by atoms with Crippen molar-refractivity contribution in [2.75, 3.05) is 11.4 Å². The van der Waals surface area contributed by atoms with Crippen LogP contribution in [0.15, 0.2) is 24.3 Å². The Labute approximate surface area is 82.1 Å². The van der Waals surface area contributed by atoms with Gasteiger partial charge in [0, 0.05) is 6.54 Å². The first-order chi connectivity index (χ1) is 6.16. The number of nitrogens with two attached hydrogens (primary N) is 1. The zero-order valence-electron chi connectivity index (χ0n) is 7.33. The summed E-state index contributed by atoms with van der Waals surface area (Å²) in [7, 11) is 0. The number of para-hydroxylation sites is 1. The lowest BCUT2D eigenvalue weighted by molar-refractivity contribution is 0.254. The predicted octanol–water partition coefficient (Wildman–Crippen LogP) is 2.25. The first-order valence-electron chi connectivity index (χ1n) is 3.98. The Morgan fingerprint density at radius 1 is 1.54 bits per heavy atom. The van der Waals surface area contributed by atoms with Gasteiger partial charge in [0.1, 0.15) is 0 Å². The highest BCUT2D eigenvalue weighted by Gasteiger charge is 2.11. The lowest BCUT2D eigenvalue weighted by Gasteiger charge is -2.19. The SMILES string of the molecule is CCN(C(N)=O)c1ccccc1Cl. The molecule has 0 heterocycles. The Kier molecular flexibility index (Phi) is 3.14. The molecule has 0 unspecified atom stereocenters. The lowest BCUT2D eigenvalue weighted by atomic mass is 10.3. The van der Waals surface area contributed by atoms with Crippen LogP contribution < -0.4 is 10.6 Å². The number of carbonyl (C=O) groups excluding carboxylic acids is 1. The molecule has 2 amide bonds. The monoisotopic (exact) mass is 198 g/mol. The second-order valence-corrected chi connectivity index (χ2v) is 2.94. The fourth-order valence-corrected chi connectivity index (χ4v) is 1.35. The summed E-state index contributed by atoms with van der Waals surface area (Å²) in [6.45, 7) is 2.35. The minimum atomic E-state index is -0.490. The van der Waals surface area contributed by atoms with Crippen LogP contribution in [0, 0.1) is 0 Å². The average Bonchev–Trinajstić information content (AvgIpc) is 2.09. The number of rotatable bonds is 2. The van der Waals surface area contributed by atoms with Gasteiger partial charge in [-0.2, -0.15) is 0 Å². The zero-order valence-corrected chi connectivity index (χ0v) is 8.08. The van der Waals surface area contributed by atoms with E-state index in [2.05, 4.69) is 0 Å². The Balaban J connectivity index is 3.04. The van der Waals surface area contributed by atoms with Crippen molar-refractivity contribution >= 4 is 23.3 Å². The lowest BCUT2D eigenvalue weighted by Crippen LogP contribution is -2.35. The van der Waals surface area contributed by atoms with E-state index in [4.69, 9.17) is 17.3 Å². The number of benzene rings is 1. The summed E-state index contributed by atoms with van der Waals surface area (Å²) in [4.78, 5) is 12.4. The van der Waals surface area contributed by atoms with E-state index in [-0.39, 0.29) is 0 Å². The number of amides is 2. The van der Waals surface area contributed by atoms with Crippen LogP contribution in [0.2, 0.25) is 5.02 Å². The average molecular weight is 199 g/mol. The minimum Gasteiger partial charge on any atom is -0.351 e. The van der Waals surface area contributed by atoms with Gasteiger partial charge in [-0.3, -0.25) is 4.90 Å². The molecule has 0 spiro atoms. The first kappa shape index (κ1) is 9.86.